The molecule has 0 unspecified atom stereocenters. The SMILES string of the molecule is O=C(COc1ccc(C(=O)c2ccc(F)cc2)cc1)Nc1ccccc1Cl. The number of nitrogens with one attached hydrogen (secondary N) is 1. The Balaban J connectivity index is 1.57. The normalized spacial score (nSPS) is 10.3. The van der Waals surface area contributed by atoms with Crippen LogP contribution in [-0.2, 0) is 4.79 Å². The molecular weight excluding hydrogens is 369 g/mol. The van der Waals surface area contributed by atoms with Crippen molar-refractivity contribution in [3.05, 3.63) is 94.8 Å². The van der Waals surface area contributed by atoms with Gasteiger partial charge in [-0.3, -0.25) is 9.59 Å². The number of ketones is 1. The van der Waals surface area contributed by atoms with E-state index in [9.17, 15) is 14.0 Å². The zero-order chi connectivity index (χ0) is 19.2. The van der Waals surface area contributed by atoms with Crippen molar-refractivity contribution in [3.63, 3.8) is 0 Å². The van der Waals surface area contributed by atoms with Crippen molar-refractivity contribution in [1.29, 1.82) is 0 Å². The van der Waals surface area contributed by atoms with Gasteiger partial charge in [-0.2, -0.15) is 0 Å². The zero-order valence-corrected chi connectivity index (χ0v) is 14.9. The summed E-state index contributed by atoms with van der Waals surface area (Å²) in [5, 5.41) is 3.09. The fraction of sp³-hybridized carbons (Fsp3) is 0.0476. The number of halogens is 2. The molecule has 6 heteroatoms. The van der Waals surface area contributed by atoms with E-state index in [0.717, 1.165) is 0 Å². The van der Waals surface area contributed by atoms with Crippen molar-refractivity contribution < 1.29 is 18.7 Å². The van der Waals surface area contributed by atoms with Crippen LogP contribution in [0.2, 0.25) is 5.02 Å². The number of ether oxygens (including phenoxy) is 1. The quantitative estimate of drug-likeness (QED) is 0.626. The smallest absolute Gasteiger partial charge is 0.262 e. The van der Waals surface area contributed by atoms with Crippen LogP contribution in [0.3, 0.4) is 0 Å². The van der Waals surface area contributed by atoms with Gasteiger partial charge in [-0.25, -0.2) is 4.39 Å². The molecule has 0 bridgehead atoms. The second kappa shape index (κ2) is 8.47. The highest BCUT2D eigenvalue weighted by Gasteiger charge is 2.10. The molecule has 0 radical (unpaired) electrons. The Bertz CT molecular complexity index is 956. The van der Waals surface area contributed by atoms with Crippen LogP contribution >= 0.6 is 11.6 Å². The molecule has 136 valence electrons. The monoisotopic (exact) mass is 383 g/mol. The lowest BCUT2D eigenvalue weighted by Gasteiger charge is -2.09. The molecule has 0 atom stereocenters. The Morgan fingerprint density at radius 2 is 1.48 bits per heavy atom. The first-order valence-corrected chi connectivity index (χ1v) is 8.48. The predicted octanol–water partition coefficient (Wildman–Crippen LogP) is 4.73. The minimum Gasteiger partial charge on any atom is -0.484 e. The first-order valence-electron chi connectivity index (χ1n) is 8.10. The van der Waals surface area contributed by atoms with Crippen molar-refractivity contribution in [1.82, 2.24) is 0 Å². The summed E-state index contributed by atoms with van der Waals surface area (Å²) in [6.07, 6.45) is 0. The van der Waals surface area contributed by atoms with Crippen LogP contribution < -0.4 is 10.1 Å². The lowest BCUT2D eigenvalue weighted by atomic mass is 10.0. The second-order valence-corrected chi connectivity index (χ2v) is 6.08. The Morgan fingerprint density at radius 3 is 2.11 bits per heavy atom. The van der Waals surface area contributed by atoms with Crippen molar-refractivity contribution in [2.75, 3.05) is 11.9 Å². The van der Waals surface area contributed by atoms with Gasteiger partial charge in [0, 0.05) is 11.1 Å². The van der Waals surface area contributed by atoms with Crippen LogP contribution in [0.1, 0.15) is 15.9 Å². The van der Waals surface area contributed by atoms with Crippen molar-refractivity contribution in [2.45, 2.75) is 0 Å². The van der Waals surface area contributed by atoms with Gasteiger partial charge in [0.05, 0.1) is 10.7 Å². The van der Waals surface area contributed by atoms with E-state index < -0.39 is 5.82 Å². The molecule has 0 aromatic heterocycles. The predicted molar refractivity (Wildman–Crippen MR) is 102 cm³/mol. The number of rotatable bonds is 6. The first-order chi connectivity index (χ1) is 13.0. The summed E-state index contributed by atoms with van der Waals surface area (Å²) in [6.45, 7) is -0.198. The summed E-state index contributed by atoms with van der Waals surface area (Å²) >= 11 is 5.98. The highest BCUT2D eigenvalue weighted by Crippen LogP contribution is 2.20. The molecule has 0 spiro atoms. The van der Waals surface area contributed by atoms with Crippen LogP contribution in [0.4, 0.5) is 10.1 Å². The number of carbonyl (C=O) groups is 2. The number of para-hydroxylation sites is 1. The summed E-state index contributed by atoms with van der Waals surface area (Å²) in [6, 6.07) is 18.6. The molecule has 4 nitrogen and oxygen atoms in total. The number of hydrogen-bond acceptors (Lipinski definition) is 3. The van der Waals surface area contributed by atoms with Gasteiger partial charge in [-0.15, -0.1) is 0 Å². The van der Waals surface area contributed by atoms with E-state index in [2.05, 4.69) is 5.32 Å². The number of carbonyl (C=O) groups excluding carboxylic acids is 2. The summed E-state index contributed by atoms with van der Waals surface area (Å²) < 4.78 is 18.4. The maximum atomic E-state index is 12.9. The highest BCUT2D eigenvalue weighted by molar-refractivity contribution is 6.33. The van der Waals surface area contributed by atoms with Gasteiger partial charge in [0.25, 0.3) is 5.91 Å². The number of amides is 1. The van der Waals surface area contributed by atoms with Crippen LogP contribution in [-0.4, -0.2) is 18.3 Å². The highest BCUT2D eigenvalue weighted by atomic mass is 35.5. The molecule has 1 N–H and O–H groups in total. The van der Waals surface area contributed by atoms with Gasteiger partial charge >= 0.3 is 0 Å². The minimum atomic E-state index is -0.398. The van der Waals surface area contributed by atoms with Gasteiger partial charge in [0.1, 0.15) is 11.6 Å². The molecule has 0 aliphatic heterocycles. The van der Waals surface area contributed by atoms with E-state index >= 15 is 0 Å². The average Bonchev–Trinajstić information content (AvgIpc) is 2.69. The number of anilines is 1. The van der Waals surface area contributed by atoms with Crippen LogP contribution in [0.25, 0.3) is 0 Å². The van der Waals surface area contributed by atoms with Gasteiger partial charge < -0.3 is 10.1 Å². The molecule has 1 amide bonds. The van der Waals surface area contributed by atoms with Gasteiger partial charge in [-0.1, -0.05) is 23.7 Å². The van der Waals surface area contributed by atoms with E-state index in [4.69, 9.17) is 16.3 Å². The molecule has 27 heavy (non-hydrogen) atoms. The minimum absolute atomic E-state index is 0.198. The molecule has 0 saturated carbocycles. The van der Waals surface area contributed by atoms with E-state index in [1.54, 1.807) is 48.5 Å². The van der Waals surface area contributed by atoms with Crippen LogP contribution in [0.15, 0.2) is 72.8 Å². The lowest BCUT2D eigenvalue weighted by Crippen LogP contribution is -2.20. The molecule has 0 aliphatic carbocycles. The molecule has 3 aromatic rings. The summed E-state index contributed by atoms with van der Waals surface area (Å²) in [5.41, 5.74) is 1.34. The van der Waals surface area contributed by atoms with Gasteiger partial charge in [0.2, 0.25) is 0 Å². The van der Waals surface area contributed by atoms with Gasteiger partial charge in [0.15, 0.2) is 12.4 Å². The fourth-order valence-corrected chi connectivity index (χ4v) is 2.55. The maximum absolute atomic E-state index is 12.9. The average molecular weight is 384 g/mol. The topological polar surface area (TPSA) is 55.4 Å². The Labute approximate surface area is 160 Å². The van der Waals surface area contributed by atoms with Gasteiger partial charge in [-0.05, 0) is 60.7 Å². The van der Waals surface area contributed by atoms with Crippen LogP contribution in [0, 0.1) is 5.82 Å². The molecule has 0 aliphatic rings. The van der Waals surface area contributed by atoms with Crippen molar-refractivity contribution in [2.24, 2.45) is 0 Å². The number of benzene rings is 3. The van der Waals surface area contributed by atoms with E-state index in [-0.39, 0.29) is 18.3 Å². The molecule has 0 fully saturated rings. The second-order valence-electron chi connectivity index (χ2n) is 5.68. The molecular formula is C21H15ClFNO3. The van der Waals surface area contributed by atoms with Crippen molar-refractivity contribution in [3.8, 4) is 5.75 Å². The standard InChI is InChI=1S/C21H15ClFNO3/c22-18-3-1-2-4-19(18)24-20(25)13-27-17-11-7-15(8-12-17)21(26)14-5-9-16(23)10-6-14/h1-12H,13H2,(H,24,25). The molecule has 3 rings (SSSR count). The zero-order valence-electron chi connectivity index (χ0n) is 14.1. The third-order valence-corrected chi connectivity index (χ3v) is 4.07. The first kappa shape index (κ1) is 18.6. The Morgan fingerprint density at radius 1 is 0.889 bits per heavy atom. The third-order valence-electron chi connectivity index (χ3n) is 3.74. The van der Waals surface area contributed by atoms with E-state index in [1.165, 1.54) is 24.3 Å². The number of hydrogen-bond donors (Lipinski definition) is 1. The van der Waals surface area contributed by atoms with E-state index in [1.807, 2.05) is 0 Å². The van der Waals surface area contributed by atoms with E-state index in [0.29, 0.717) is 27.6 Å². The summed E-state index contributed by atoms with van der Waals surface area (Å²) in [4.78, 5) is 24.3. The molecule has 0 saturated heterocycles. The lowest BCUT2D eigenvalue weighted by molar-refractivity contribution is -0.118. The maximum Gasteiger partial charge on any atom is 0.262 e. The van der Waals surface area contributed by atoms with Crippen molar-refractivity contribution >= 4 is 29.0 Å². The Hall–Kier alpha value is -3.18. The largest absolute Gasteiger partial charge is 0.484 e. The summed E-state index contributed by atoms with van der Waals surface area (Å²) in [7, 11) is 0. The fourth-order valence-electron chi connectivity index (χ4n) is 2.37. The van der Waals surface area contributed by atoms with Crippen LogP contribution in [0.5, 0.6) is 5.75 Å². The Kier molecular flexibility index (Phi) is 5.84. The summed E-state index contributed by atoms with van der Waals surface area (Å²) in [5.74, 6) is -0.530. The molecule has 0 heterocycles. The molecule has 3 aromatic carbocycles. The third kappa shape index (κ3) is 4.92.